The third-order valence-corrected chi connectivity index (χ3v) is 4.17. The molecule has 3 unspecified atom stereocenters. The molecule has 1 N–H and O–H groups in total. The Labute approximate surface area is 115 Å². The lowest BCUT2D eigenvalue weighted by Gasteiger charge is -2.20. The molecule has 0 bridgehead atoms. The molecule has 0 saturated carbocycles. The molecule has 0 aliphatic heterocycles. The van der Waals surface area contributed by atoms with Gasteiger partial charge in [0.1, 0.15) is 0 Å². The van der Waals surface area contributed by atoms with Gasteiger partial charge in [-0.25, -0.2) is 0 Å². The van der Waals surface area contributed by atoms with Crippen molar-refractivity contribution in [3.8, 4) is 0 Å². The number of halogens is 2. The van der Waals surface area contributed by atoms with E-state index in [-0.39, 0.29) is 12.1 Å². The third-order valence-electron chi connectivity index (χ3n) is 2.46. The number of hydrogen-bond acceptors (Lipinski definition) is 2. The van der Waals surface area contributed by atoms with Crippen molar-refractivity contribution in [1.82, 2.24) is 5.32 Å². The second-order valence-electron chi connectivity index (χ2n) is 4.20. The summed E-state index contributed by atoms with van der Waals surface area (Å²) in [6.45, 7) is 4.07. The van der Waals surface area contributed by atoms with Crippen LogP contribution in [-0.4, -0.2) is 22.3 Å². The average molecular weight is 294 g/mol. The summed E-state index contributed by atoms with van der Waals surface area (Å²) in [6.07, 6.45) is 1.71. The molecule has 1 aromatic carbocycles. The number of rotatable bonds is 5. The van der Waals surface area contributed by atoms with Gasteiger partial charge in [0.25, 0.3) is 0 Å². The summed E-state index contributed by atoms with van der Waals surface area (Å²) < 4.78 is 11.1. The highest BCUT2D eigenvalue weighted by Crippen LogP contribution is 2.25. The summed E-state index contributed by atoms with van der Waals surface area (Å²) in [7, 11) is -0.786. The van der Waals surface area contributed by atoms with E-state index in [1.807, 2.05) is 19.1 Å². The predicted molar refractivity (Wildman–Crippen MR) is 76.4 cm³/mol. The van der Waals surface area contributed by atoms with Crippen LogP contribution in [0.1, 0.15) is 25.5 Å². The Morgan fingerprint density at radius 1 is 1.29 bits per heavy atom. The fourth-order valence-corrected chi connectivity index (χ4v) is 2.81. The fraction of sp³-hybridized carbons (Fsp3) is 0.500. The average Bonchev–Trinajstić information content (AvgIpc) is 2.20. The molecule has 2 nitrogen and oxygen atoms in total. The minimum Gasteiger partial charge on any atom is -0.307 e. The molecule has 0 saturated heterocycles. The normalized spacial score (nSPS) is 16.5. The molecule has 0 spiro atoms. The molecule has 0 heterocycles. The van der Waals surface area contributed by atoms with Gasteiger partial charge in [-0.2, -0.15) is 0 Å². The third kappa shape index (κ3) is 4.96. The first-order chi connectivity index (χ1) is 7.90. The standard InChI is InChI=1S/C12H17Cl2NOS/c1-8(7-17(3)16)15-9(2)10-4-5-11(13)12(14)6-10/h4-6,8-9,15H,7H2,1-3H3. The van der Waals surface area contributed by atoms with Gasteiger partial charge in [0, 0.05) is 34.9 Å². The summed E-state index contributed by atoms with van der Waals surface area (Å²) >= 11 is 11.8. The Kier molecular flexibility index (Phi) is 5.93. The van der Waals surface area contributed by atoms with Crippen LogP contribution < -0.4 is 5.32 Å². The van der Waals surface area contributed by atoms with Gasteiger partial charge >= 0.3 is 0 Å². The maximum absolute atomic E-state index is 11.1. The summed E-state index contributed by atoms with van der Waals surface area (Å²) in [4.78, 5) is 0. The van der Waals surface area contributed by atoms with Crippen molar-refractivity contribution in [2.75, 3.05) is 12.0 Å². The van der Waals surface area contributed by atoms with Gasteiger partial charge in [-0.1, -0.05) is 29.3 Å². The highest BCUT2D eigenvalue weighted by molar-refractivity contribution is 7.84. The minimum atomic E-state index is -0.786. The van der Waals surface area contributed by atoms with Crippen LogP contribution in [0.25, 0.3) is 0 Å². The molecule has 5 heteroatoms. The van der Waals surface area contributed by atoms with Crippen molar-refractivity contribution in [3.05, 3.63) is 33.8 Å². The van der Waals surface area contributed by atoms with Gasteiger partial charge in [-0.05, 0) is 31.5 Å². The molecule has 0 amide bonds. The van der Waals surface area contributed by atoms with E-state index in [9.17, 15) is 4.21 Å². The molecule has 1 rings (SSSR count). The Bertz CT molecular complexity index is 411. The predicted octanol–water partition coefficient (Wildman–Crippen LogP) is 3.41. The molecule has 0 fully saturated rings. The molecular weight excluding hydrogens is 277 g/mol. The second-order valence-corrected chi connectivity index (χ2v) is 6.50. The number of hydrogen-bond donors (Lipinski definition) is 1. The van der Waals surface area contributed by atoms with Crippen LogP contribution in [-0.2, 0) is 10.8 Å². The van der Waals surface area contributed by atoms with E-state index >= 15 is 0 Å². The van der Waals surface area contributed by atoms with Crippen LogP contribution >= 0.6 is 23.2 Å². The summed E-state index contributed by atoms with van der Waals surface area (Å²) in [6, 6.07) is 5.95. The van der Waals surface area contributed by atoms with E-state index in [1.54, 1.807) is 12.3 Å². The first-order valence-corrected chi connectivity index (χ1v) is 7.89. The van der Waals surface area contributed by atoms with Crippen LogP contribution in [0.5, 0.6) is 0 Å². The maximum atomic E-state index is 11.1. The molecule has 0 aliphatic rings. The summed E-state index contributed by atoms with van der Waals surface area (Å²) in [5, 5.41) is 4.50. The van der Waals surface area contributed by atoms with E-state index in [2.05, 4.69) is 12.2 Å². The van der Waals surface area contributed by atoms with Crippen molar-refractivity contribution in [2.24, 2.45) is 0 Å². The first-order valence-electron chi connectivity index (χ1n) is 5.41. The lowest BCUT2D eigenvalue weighted by Crippen LogP contribution is -2.33. The zero-order chi connectivity index (χ0) is 13.0. The lowest BCUT2D eigenvalue weighted by molar-refractivity contribution is 0.508. The zero-order valence-corrected chi connectivity index (χ0v) is 12.5. The Morgan fingerprint density at radius 3 is 2.47 bits per heavy atom. The molecule has 0 radical (unpaired) electrons. The monoisotopic (exact) mass is 293 g/mol. The molecule has 96 valence electrons. The molecule has 17 heavy (non-hydrogen) atoms. The van der Waals surface area contributed by atoms with Gasteiger partial charge in [0.2, 0.25) is 0 Å². The van der Waals surface area contributed by atoms with Crippen molar-refractivity contribution < 1.29 is 4.21 Å². The quantitative estimate of drug-likeness (QED) is 0.901. The van der Waals surface area contributed by atoms with Gasteiger partial charge in [-0.3, -0.25) is 4.21 Å². The minimum absolute atomic E-state index is 0.156. The fourth-order valence-electron chi connectivity index (χ4n) is 1.70. The highest BCUT2D eigenvalue weighted by Gasteiger charge is 2.11. The summed E-state index contributed by atoms with van der Waals surface area (Å²) in [5.74, 6) is 0.645. The Morgan fingerprint density at radius 2 is 1.94 bits per heavy atom. The van der Waals surface area contributed by atoms with Crippen molar-refractivity contribution in [1.29, 1.82) is 0 Å². The Balaban J connectivity index is 2.66. The molecule has 1 aromatic rings. The van der Waals surface area contributed by atoms with E-state index in [4.69, 9.17) is 23.2 Å². The van der Waals surface area contributed by atoms with E-state index in [1.165, 1.54) is 0 Å². The largest absolute Gasteiger partial charge is 0.307 e. The van der Waals surface area contributed by atoms with E-state index in [0.717, 1.165) is 5.56 Å². The summed E-state index contributed by atoms with van der Waals surface area (Å²) in [5.41, 5.74) is 1.08. The van der Waals surface area contributed by atoms with Crippen LogP contribution in [0.2, 0.25) is 10.0 Å². The number of nitrogens with one attached hydrogen (secondary N) is 1. The van der Waals surface area contributed by atoms with Crippen LogP contribution in [0.3, 0.4) is 0 Å². The van der Waals surface area contributed by atoms with Crippen LogP contribution in [0, 0.1) is 0 Å². The Hall–Kier alpha value is -0.0900. The molecule has 3 atom stereocenters. The van der Waals surface area contributed by atoms with Gasteiger partial charge < -0.3 is 5.32 Å². The van der Waals surface area contributed by atoms with Crippen LogP contribution in [0.4, 0.5) is 0 Å². The SMILES string of the molecule is CC(CS(C)=O)NC(C)c1ccc(Cl)c(Cl)c1. The lowest BCUT2D eigenvalue weighted by atomic mass is 10.1. The number of benzene rings is 1. The first kappa shape index (κ1) is 15.0. The van der Waals surface area contributed by atoms with Gasteiger partial charge in [0.15, 0.2) is 0 Å². The molecule has 0 aliphatic carbocycles. The van der Waals surface area contributed by atoms with Crippen molar-refractivity contribution in [3.63, 3.8) is 0 Å². The van der Waals surface area contributed by atoms with E-state index in [0.29, 0.717) is 15.8 Å². The molecular formula is C12H17Cl2NOS. The van der Waals surface area contributed by atoms with Gasteiger partial charge in [-0.15, -0.1) is 0 Å². The maximum Gasteiger partial charge on any atom is 0.0595 e. The van der Waals surface area contributed by atoms with Crippen LogP contribution in [0.15, 0.2) is 18.2 Å². The van der Waals surface area contributed by atoms with E-state index < -0.39 is 10.8 Å². The zero-order valence-electron chi connectivity index (χ0n) is 10.2. The topological polar surface area (TPSA) is 29.1 Å². The van der Waals surface area contributed by atoms with Crippen molar-refractivity contribution >= 4 is 34.0 Å². The van der Waals surface area contributed by atoms with Gasteiger partial charge in [0.05, 0.1) is 10.0 Å². The smallest absolute Gasteiger partial charge is 0.0595 e. The second kappa shape index (κ2) is 6.74. The highest BCUT2D eigenvalue weighted by atomic mass is 35.5. The molecule has 0 aromatic heterocycles. The van der Waals surface area contributed by atoms with Crippen molar-refractivity contribution in [2.45, 2.75) is 25.9 Å².